The summed E-state index contributed by atoms with van der Waals surface area (Å²) in [6.45, 7) is 0.178. The van der Waals surface area contributed by atoms with Gasteiger partial charge in [0.15, 0.2) is 0 Å². The minimum atomic E-state index is -1.11. The van der Waals surface area contributed by atoms with E-state index >= 15 is 0 Å². The molecule has 2 rings (SSSR count). The first-order chi connectivity index (χ1) is 9.15. The van der Waals surface area contributed by atoms with Crippen LogP contribution in [0.25, 0.3) is 0 Å². The van der Waals surface area contributed by atoms with Crippen molar-refractivity contribution in [3.8, 4) is 0 Å². The van der Waals surface area contributed by atoms with Crippen LogP contribution in [0, 0.1) is 0 Å². The van der Waals surface area contributed by atoms with E-state index < -0.39 is 12.0 Å². The van der Waals surface area contributed by atoms with Crippen molar-refractivity contribution in [1.29, 1.82) is 0 Å². The number of anilines is 1. The summed E-state index contributed by atoms with van der Waals surface area (Å²) in [5.74, 6) is -0.606. The molecule has 98 valence electrons. The monoisotopic (exact) mass is 262 g/mol. The summed E-state index contributed by atoms with van der Waals surface area (Å²) >= 11 is 0. The van der Waals surface area contributed by atoms with Crippen LogP contribution in [0.2, 0.25) is 0 Å². The number of H-pyrrole nitrogens is 1. The van der Waals surface area contributed by atoms with Crippen molar-refractivity contribution in [1.82, 2.24) is 25.5 Å². The number of nitrogens with one attached hydrogen (secondary N) is 3. The molecule has 0 radical (unpaired) electrons. The van der Waals surface area contributed by atoms with Gasteiger partial charge in [-0.2, -0.15) is 5.10 Å². The topological polar surface area (TPSA) is 133 Å². The number of carboxylic acid groups (broad SMARTS) is 1. The second-order valence-electron chi connectivity index (χ2n) is 3.51. The summed E-state index contributed by atoms with van der Waals surface area (Å²) in [6.07, 6.45) is 3.87. The van der Waals surface area contributed by atoms with E-state index in [2.05, 4.69) is 30.8 Å². The summed E-state index contributed by atoms with van der Waals surface area (Å²) in [5.41, 5.74) is 0.281. The molecule has 0 atom stereocenters. The van der Waals surface area contributed by atoms with Crippen molar-refractivity contribution in [3.63, 3.8) is 0 Å². The predicted molar refractivity (Wildman–Crippen MR) is 63.4 cm³/mol. The number of carbonyl (C=O) groups excluding carboxylic acids is 1. The van der Waals surface area contributed by atoms with Crippen LogP contribution in [0.3, 0.4) is 0 Å². The van der Waals surface area contributed by atoms with Crippen molar-refractivity contribution in [2.45, 2.75) is 6.54 Å². The third-order valence-corrected chi connectivity index (χ3v) is 2.12. The van der Waals surface area contributed by atoms with Gasteiger partial charge in [-0.15, -0.1) is 0 Å². The van der Waals surface area contributed by atoms with E-state index in [-0.39, 0.29) is 17.8 Å². The van der Waals surface area contributed by atoms with E-state index in [1.807, 2.05) is 0 Å². The van der Waals surface area contributed by atoms with Gasteiger partial charge < -0.3 is 15.7 Å². The normalized spacial score (nSPS) is 9.89. The number of nitrogens with zero attached hydrogens (tertiary/aromatic N) is 3. The molecule has 0 saturated heterocycles. The van der Waals surface area contributed by atoms with E-state index in [4.69, 9.17) is 5.11 Å². The highest BCUT2D eigenvalue weighted by Crippen LogP contribution is 2.08. The summed E-state index contributed by atoms with van der Waals surface area (Å²) < 4.78 is 0. The number of pyridine rings is 1. The smallest absolute Gasteiger partial charge is 0.337 e. The quantitative estimate of drug-likeness (QED) is 0.623. The van der Waals surface area contributed by atoms with Gasteiger partial charge in [-0.05, 0) is 6.07 Å². The molecule has 19 heavy (non-hydrogen) atoms. The fraction of sp³-hybridized carbons (Fsp3) is 0.100. The zero-order valence-corrected chi connectivity index (χ0v) is 9.62. The maximum atomic E-state index is 11.5. The lowest BCUT2D eigenvalue weighted by Crippen LogP contribution is -2.28. The number of aromatic amines is 1. The average molecular weight is 262 g/mol. The molecule has 0 spiro atoms. The second kappa shape index (κ2) is 5.58. The van der Waals surface area contributed by atoms with Crippen LogP contribution in [0.1, 0.15) is 16.2 Å². The van der Waals surface area contributed by atoms with Crippen LogP contribution < -0.4 is 10.6 Å². The first-order valence-electron chi connectivity index (χ1n) is 5.22. The molecule has 0 fully saturated rings. The second-order valence-corrected chi connectivity index (χ2v) is 3.51. The van der Waals surface area contributed by atoms with Crippen LogP contribution in [-0.4, -0.2) is 37.3 Å². The fourth-order valence-corrected chi connectivity index (χ4v) is 1.28. The number of amides is 2. The molecule has 2 aromatic rings. The molecule has 4 N–H and O–H groups in total. The number of aromatic carboxylic acids is 1. The Hall–Kier alpha value is -2.97. The number of urea groups is 1. The maximum absolute atomic E-state index is 11.5. The van der Waals surface area contributed by atoms with Gasteiger partial charge in [0.05, 0.1) is 24.0 Å². The molecule has 2 aromatic heterocycles. The van der Waals surface area contributed by atoms with Crippen molar-refractivity contribution < 1.29 is 14.7 Å². The Morgan fingerprint density at radius 3 is 2.89 bits per heavy atom. The van der Waals surface area contributed by atoms with Crippen molar-refractivity contribution in [2.75, 3.05) is 5.32 Å². The highest BCUT2D eigenvalue weighted by molar-refractivity contribution is 5.92. The molecular formula is C10H10N6O3. The number of hydrogen-bond acceptors (Lipinski definition) is 5. The molecule has 9 heteroatoms. The van der Waals surface area contributed by atoms with Crippen LogP contribution >= 0.6 is 0 Å². The third kappa shape index (κ3) is 3.49. The Morgan fingerprint density at radius 2 is 2.21 bits per heavy atom. The lowest BCUT2D eigenvalue weighted by atomic mass is 10.3. The highest BCUT2D eigenvalue weighted by Gasteiger charge is 2.07. The van der Waals surface area contributed by atoms with Crippen LogP contribution in [0.4, 0.5) is 10.5 Å². The standard InChI is InChI=1S/C10H10N6O3/c17-9(18)6-1-7(3-11-2-6)15-10(19)12-4-8-13-5-14-16-8/h1-3,5H,4H2,(H,17,18)(H2,12,15,19)(H,13,14,16). The minimum Gasteiger partial charge on any atom is -0.478 e. The molecule has 0 aliphatic heterocycles. The SMILES string of the molecule is O=C(NCc1ncn[nH]1)Nc1cncc(C(=O)O)c1. The van der Waals surface area contributed by atoms with Gasteiger partial charge in [0.1, 0.15) is 12.2 Å². The lowest BCUT2D eigenvalue weighted by Gasteiger charge is -2.06. The van der Waals surface area contributed by atoms with Gasteiger partial charge in [0.2, 0.25) is 0 Å². The highest BCUT2D eigenvalue weighted by atomic mass is 16.4. The molecule has 0 aliphatic carbocycles. The maximum Gasteiger partial charge on any atom is 0.337 e. The van der Waals surface area contributed by atoms with Crippen LogP contribution in [0.15, 0.2) is 24.8 Å². The minimum absolute atomic E-state index is 0.00645. The molecule has 0 aromatic carbocycles. The number of rotatable bonds is 4. The summed E-state index contributed by atoms with van der Waals surface area (Å²) in [5, 5.41) is 20.0. The van der Waals surface area contributed by atoms with Gasteiger partial charge in [-0.1, -0.05) is 0 Å². The number of carboxylic acids is 1. The molecule has 0 unspecified atom stereocenters. The summed E-state index contributed by atoms with van der Waals surface area (Å²) in [6, 6.07) is 0.810. The fourth-order valence-electron chi connectivity index (χ4n) is 1.28. The van der Waals surface area contributed by atoms with Gasteiger partial charge in [-0.25, -0.2) is 14.6 Å². The largest absolute Gasteiger partial charge is 0.478 e. The number of aromatic nitrogens is 4. The Morgan fingerprint density at radius 1 is 1.37 bits per heavy atom. The van der Waals surface area contributed by atoms with Crippen molar-refractivity contribution in [3.05, 3.63) is 36.2 Å². The van der Waals surface area contributed by atoms with E-state index in [9.17, 15) is 9.59 Å². The van der Waals surface area contributed by atoms with Crippen LogP contribution in [-0.2, 0) is 6.54 Å². The lowest BCUT2D eigenvalue weighted by molar-refractivity contribution is 0.0696. The van der Waals surface area contributed by atoms with E-state index in [1.165, 1.54) is 24.8 Å². The molecule has 9 nitrogen and oxygen atoms in total. The number of carbonyl (C=O) groups is 2. The Kier molecular flexibility index (Phi) is 3.67. The Labute approximate surface area is 107 Å². The van der Waals surface area contributed by atoms with E-state index in [0.717, 1.165) is 0 Å². The van der Waals surface area contributed by atoms with Gasteiger partial charge in [0.25, 0.3) is 0 Å². The van der Waals surface area contributed by atoms with Gasteiger partial charge in [0, 0.05) is 6.20 Å². The molecule has 0 bridgehead atoms. The predicted octanol–water partition coefficient (Wildman–Crippen LogP) is 0.220. The van der Waals surface area contributed by atoms with Gasteiger partial charge in [-0.3, -0.25) is 10.1 Å². The molecule has 0 saturated carbocycles. The average Bonchev–Trinajstić information content (AvgIpc) is 2.90. The molecule has 0 aliphatic rings. The molecule has 2 heterocycles. The first-order valence-corrected chi connectivity index (χ1v) is 5.22. The van der Waals surface area contributed by atoms with Crippen molar-refractivity contribution in [2.24, 2.45) is 0 Å². The van der Waals surface area contributed by atoms with E-state index in [0.29, 0.717) is 5.82 Å². The number of hydrogen-bond donors (Lipinski definition) is 4. The molecular weight excluding hydrogens is 252 g/mol. The molecule has 2 amide bonds. The van der Waals surface area contributed by atoms with E-state index in [1.54, 1.807) is 0 Å². The third-order valence-electron chi connectivity index (χ3n) is 2.12. The summed E-state index contributed by atoms with van der Waals surface area (Å²) in [4.78, 5) is 29.8. The van der Waals surface area contributed by atoms with Crippen LogP contribution in [0.5, 0.6) is 0 Å². The zero-order chi connectivity index (χ0) is 13.7. The first kappa shape index (κ1) is 12.5. The van der Waals surface area contributed by atoms with Gasteiger partial charge >= 0.3 is 12.0 Å². The van der Waals surface area contributed by atoms with Crippen molar-refractivity contribution >= 4 is 17.7 Å². The summed E-state index contributed by atoms with van der Waals surface area (Å²) in [7, 11) is 0. The Balaban J connectivity index is 1.91. The zero-order valence-electron chi connectivity index (χ0n) is 9.62. The Bertz CT molecular complexity index is 583.